The van der Waals surface area contributed by atoms with Crippen molar-refractivity contribution < 1.29 is 9.59 Å². The second-order valence-corrected chi connectivity index (χ2v) is 8.92. The number of piperidine rings is 1. The molecule has 0 aromatic carbocycles. The molecule has 0 spiro atoms. The second-order valence-electron chi connectivity index (χ2n) is 7.94. The summed E-state index contributed by atoms with van der Waals surface area (Å²) in [5.74, 6) is 1.21. The zero-order valence-electron chi connectivity index (χ0n) is 14.8. The van der Waals surface area contributed by atoms with Gasteiger partial charge in [0.05, 0.1) is 12.0 Å². The fourth-order valence-corrected chi connectivity index (χ4v) is 5.30. The van der Waals surface area contributed by atoms with E-state index in [0.717, 1.165) is 32.2 Å². The lowest BCUT2D eigenvalue weighted by molar-refractivity contribution is -0.137. The number of nitrogens with one attached hydrogen (secondary N) is 1. The maximum absolute atomic E-state index is 13.0. The number of hydrogen-bond acceptors (Lipinski definition) is 3. The van der Waals surface area contributed by atoms with Crippen molar-refractivity contribution in [2.75, 3.05) is 13.1 Å². The Balaban J connectivity index is 1.41. The van der Waals surface area contributed by atoms with Crippen LogP contribution in [0.2, 0.25) is 0 Å². The Hall–Kier alpha value is -1.36. The first-order valence-corrected chi connectivity index (χ1v) is 10.7. The Morgan fingerprint density at radius 2 is 1.88 bits per heavy atom. The van der Waals surface area contributed by atoms with E-state index < -0.39 is 0 Å². The molecule has 4 rings (SSSR count). The largest absolute Gasteiger partial charge is 0.348 e. The van der Waals surface area contributed by atoms with E-state index >= 15 is 0 Å². The third kappa shape index (κ3) is 3.91. The van der Waals surface area contributed by atoms with Crippen LogP contribution in [0.25, 0.3) is 0 Å². The summed E-state index contributed by atoms with van der Waals surface area (Å²) in [7, 11) is 0. The summed E-state index contributed by atoms with van der Waals surface area (Å²) in [6, 6.07) is 4.38. The predicted molar refractivity (Wildman–Crippen MR) is 99.2 cm³/mol. The van der Waals surface area contributed by atoms with Crippen molar-refractivity contribution in [2.24, 2.45) is 17.8 Å². The third-order valence-electron chi connectivity index (χ3n) is 6.05. The van der Waals surface area contributed by atoms with Gasteiger partial charge < -0.3 is 10.2 Å². The summed E-state index contributed by atoms with van der Waals surface area (Å²) in [5, 5.41) is 5.47. The molecule has 1 aromatic heterocycles. The molecule has 25 heavy (non-hydrogen) atoms. The van der Waals surface area contributed by atoms with Crippen molar-refractivity contribution in [3.05, 3.63) is 22.4 Å². The highest BCUT2D eigenvalue weighted by atomic mass is 32.1. The fraction of sp³-hybridized carbons (Fsp3) is 0.700. The Bertz CT molecular complexity index is 605. The molecule has 3 aliphatic rings. The summed E-state index contributed by atoms with van der Waals surface area (Å²) < 4.78 is 0. The van der Waals surface area contributed by atoms with Gasteiger partial charge in [0.1, 0.15) is 0 Å². The highest BCUT2D eigenvalue weighted by Gasteiger charge is 2.37. The normalized spacial score (nSPS) is 25.8. The molecule has 136 valence electrons. The molecule has 0 radical (unpaired) electrons. The van der Waals surface area contributed by atoms with Crippen molar-refractivity contribution in [2.45, 2.75) is 57.4 Å². The molecular formula is C20H28N2O2S. The quantitative estimate of drug-likeness (QED) is 0.869. The molecule has 4 nitrogen and oxygen atoms in total. The lowest BCUT2D eigenvalue weighted by Crippen LogP contribution is -2.47. The average molecular weight is 361 g/mol. The monoisotopic (exact) mass is 360 g/mol. The van der Waals surface area contributed by atoms with E-state index in [1.165, 1.54) is 30.6 Å². The number of carbonyl (C=O) groups is 2. The average Bonchev–Trinajstić information content (AvgIpc) is 3.12. The molecule has 5 heteroatoms. The van der Waals surface area contributed by atoms with Crippen molar-refractivity contribution in [1.29, 1.82) is 0 Å². The fourth-order valence-electron chi connectivity index (χ4n) is 4.43. The molecule has 3 fully saturated rings. The molecule has 1 saturated heterocycles. The van der Waals surface area contributed by atoms with Crippen LogP contribution in [0.3, 0.4) is 0 Å². The van der Waals surface area contributed by atoms with Crippen LogP contribution in [0.4, 0.5) is 0 Å². The van der Waals surface area contributed by atoms with Crippen molar-refractivity contribution in [3.8, 4) is 0 Å². The van der Waals surface area contributed by atoms with Crippen LogP contribution in [-0.2, 0) is 9.59 Å². The summed E-state index contributed by atoms with van der Waals surface area (Å²) in [5.41, 5.74) is 0. The molecule has 1 N–H and O–H groups in total. The minimum absolute atomic E-state index is 0.0414. The first-order valence-electron chi connectivity index (χ1n) is 9.85. The van der Waals surface area contributed by atoms with Gasteiger partial charge in [-0.15, -0.1) is 11.3 Å². The Kier molecular flexibility index (Phi) is 5.11. The van der Waals surface area contributed by atoms with Gasteiger partial charge in [0, 0.05) is 23.9 Å². The molecule has 2 aliphatic carbocycles. The standard InChI is InChI=1S/C20H28N2O2S/c23-19(16-7-3-11-22(13-16)20(24)15-9-10-15)21-18(14-5-1-2-6-14)17-8-4-12-25-17/h4,8,12,14-16,18H,1-3,5-7,9-11,13H2,(H,21,23). The van der Waals surface area contributed by atoms with E-state index in [9.17, 15) is 9.59 Å². The maximum atomic E-state index is 13.0. The lowest BCUT2D eigenvalue weighted by Gasteiger charge is -2.34. The lowest BCUT2D eigenvalue weighted by atomic mass is 9.93. The smallest absolute Gasteiger partial charge is 0.225 e. The molecule has 1 aromatic rings. The number of amides is 2. The summed E-state index contributed by atoms with van der Waals surface area (Å²) >= 11 is 1.74. The minimum atomic E-state index is -0.0414. The van der Waals surface area contributed by atoms with Crippen LogP contribution in [-0.4, -0.2) is 29.8 Å². The van der Waals surface area contributed by atoms with Gasteiger partial charge in [-0.05, 0) is 55.9 Å². The van der Waals surface area contributed by atoms with Gasteiger partial charge in [-0.1, -0.05) is 18.9 Å². The molecule has 2 unspecified atom stereocenters. The Labute approximate surface area is 154 Å². The summed E-state index contributed by atoms with van der Waals surface area (Å²) in [4.78, 5) is 28.5. The van der Waals surface area contributed by atoms with Gasteiger partial charge in [0.15, 0.2) is 0 Å². The SMILES string of the molecule is O=C(NC(c1cccs1)C1CCCC1)C1CCCN(C(=O)C2CC2)C1. The van der Waals surface area contributed by atoms with Crippen LogP contribution >= 0.6 is 11.3 Å². The van der Waals surface area contributed by atoms with Crippen LogP contribution < -0.4 is 5.32 Å². The van der Waals surface area contributed by atoms with Crippen molar-refractivity contribution in [1.82, 2.24) is 10.2 Å². The van der Waals surface area contributed by atoms with E-state index in [4.69, 9.17) is 0 Å². The number of thiophene rings is 1. The third-order valence-corrected chi connectivity index (χ3v) is 7.00. The molecule has 2 amide bonds. The van der Waals surface area contributed by atoms with Gasteiger partial charge in [0.25, 0.3) is 0 Å². The van der Waals surface area contributed by atoms with E-state index in [1.807, 2.05) is 4.90 Å². The summed E-state index contributed by atoms with van der Waals surface area (Å²) in [6.07, 6.45) is 8.89. The first kappa shape index (κ1) is 17.1. The number of rotatable bonds is 5. The second kappa shape index (κ2) is 7.48. The number of hydrogen-bond donors (Lipinski definition) is 1. The molecule has 1 aliphatic heterocycles. The van der Waals surface area contributed by atoms with E-state index in [-0.39, 0.29) is 29.7 Å². The zero-order valence-corrected chi connectivity index (χ0v) is 15.6. The highest BCUT2D eigenvalue weighted by molar-refractivity contribution is 7.10. The predicted octanol–water partition coefficient (Wildman–Crippen LogP) is 3.74. The van der Waals surface area contributed by atoms with Crippen molar-refractivity contribution >= 4 is 23.2 Å². The minimum Gasteiger partial charge on any atom is -0.348 e. The number of likely N-dealkylation sites (tertiary alicyclic amines) is 1. The molecule has 2 heterocycles. The van der Waals surface area contributed by atoms with E-state index in [1.54, 1.807) is 11.3 Å². The molecule has 0 bridgehead atoms. The van der Waals surface area contributed by atoms with Gasteiger partial charge in [-0.25, -0.2) is 0 Å². The van der Waals surface area contributed by atoms with Crippen molar-refractivity contribution in [3.63, 3.8) is 0 Å². The van der Waals surface area contributed by atoms with Crippen LogP contribution in [0.15, 0.2) is 17.5 Å². The van der Waals surface area contributed by atoms with Gasteiger partial charge in [0.2, 0.25) is 11.8 Å². The van der Waals surface area contributed by atoms with Crippen LogP contribution in [0, 0.1) is 17.8 Å². The number of nitrogens with zero attached hydrogens (tertiary/aromatic N) is 1. The van der Waals surface area contributed by atoms with E-state index in [0.29, 0.717) is 12.5 Å². The van der Waals surface area contributed by atoms with Gasteiger partial charge >= 0.3 is 0 Å². The summed E-state index contributed by atoms with van der Waals surface area (Å²) in [6.45, 7) is 1.44. The van der Waals surface area contributed by atoms with Gasteiger partial charge in [-0.3, -0.25) is 9.59 Å². The molecule has 2 atom stereocenters. The van der Waals surface area contributed by atoms with Gasteiger partial charge in [-0.2, -0.15) is 0 Å². The highest BCUT2D eigenvalue weighted by Crippen LogP contribution is 2.38. The first-order chi connectivity index (χ1) is 12.2. The molecular weight excluding hydrogens is 332 g/mol. The maximum Gasteiger partial charge on any atom is 0.225 e. The van der Waals surface area contributed by atoms with E-state index in [2.05, 4.69) is 22.8 Å². The Morgan fingerprint density at radius 3 is 2.56 bits per heavy atom. The zero-order chi connectivity index (χ0) is 17.2. The van der Waals surface area contributed by atoms with Crippen LogP contribution in [0.5, 0.6) is 0 Å². The van der Waals surface area contributed by atoms with Crippen LogP contribution in [0.1, 0.15) is 62.3 Å². The molecule has 2 saturated carbocycles. The number of carbonyl (C=O) groups excluding carboxylic acids is 2. The topological polar surface area (TPSA) is 49.4 Å². The Morgan fingerprint density at radius 1 is 1.08 bits per heavy atom.